The molecule has 0 aromatic heterocycles. The summed E-state index contributed by atoms with van der Waals surface area (Å²) in [5, 5.41) is 3.64. The molecule has 1 saturated carbocycles. The molecule has 0 bridgehead atoms. The largest absolute Gasteiger partial charge is 0.316 e. The summed E-state index contributed by atoms with van der Waals surface area (Å²) in [6.07, 6.45) is 8.57. The highest BCUT2D eigenvalue weighted by Crippen LogP contribution is 2.40. The first-order valence-corrected chi connectivity index (χ1v) is 8.10. The normalized spacial score (nSPS) is 38.2. The van der Waals surface area contributed by atoms with Gasteiger partial charge in [-0.15, -0.1) is 0 Å². The second-order valence-electron chi connectivity index (χ2n) is 6.92. The Morgan fingerprint density at radius 1 is 1.17 bits per heavy atom. The van der Waals surface area contributed by atoms with Crippen LogP contribution in [0.1, 0.15) is 59.3 Å². The quantitative estimate of drug-likeness (QED) is 0.808. The molecular weight excluding hydrogens is 220 g/mol. The molecule has 2 heteroatoms. The molecule has 1 heterocycles. The minimum Gasteiger partial charge on any atom is -0.316 e. The van der Waals surface area contributed by atoms with Crippen LogP contribution in [0.15, 0.2) is 0 Å². The Kier molecular flexibility index (Phi) is 5.08. The number of likely N-dealkylation sites (tertiary alicyclic amines) is 1. The number of hydrogen-bond acceptors (Lipinski definition) is 2. The minimum absolute atomic E-state index is 0.571. The van der Waals surface area contributed by atoms with E-state index in [2.05, 4.69) is 31.0 Å². The summed E-state index contributed by atoms with van der Waals surface area (Å²) in [7, 11) is 0. The number of nitrogens with zero attached hydrogens (tertiary/aromatic N) is 1. The smallest absolute Gasteiger partial charge is 0.00676 e. The summed E-state index contributed by atoms with van der Waals surface area (Å²) in [5.41, 5.74) is 0.571. The van der Waals surface area contributed by atoms with E-state index in [0.717, 1.165) is 18.5 Å². The lowest BCUT2D eigenvalue weighted by Crippen LogP contribution is -2.47. The van der Waals surface area contributed by atoms with Gasteiger partial charge in [0.1, 0.15) is 0 Å². The van der Waals surface area contributed by atoms with E-state index in [1.54, 1.807) is 0 Å². The Morgan fingerprint density at radius 3 is 2.44 bits per heavy atom. The molecule has 1 saturated heterocycles. The van der Waals surface area contributed by atoms with Crippen molar-refractivity contribution in [3.8, 4) is 0 Å². The second-order valence-corrected chi connectivity index (χ2v) is 6.92. The number of hydrogen-bond donors (Lipinski definition) is 1. The zero-order valence-electron chi connectivity index (χ0n) is 12.7. The van der Waals surface area contributed by atoms with Crippen LogP contribution in [0.25, 0.3) is 0 Å². The van der Waals surface area contributed by atoms with E-state index in [1.807, 2.05) is 0 Å². The summed E-state index contributed by atoms with van der Waals surface area (Å²) in [6.45, 7) is 12.1. The van der Waals surface area contributed by atoms with Crippen molar-refractivity contribution in [2.75, 3.05) is 26.2 Å². The van der Waals surface area contributed by atoms with Gasteiger partial charge in [-0.05, 0) is 57.0 Å². The summed E-state index contributed by atoms with van der Waals surface area (Å²) in [5.74, 6) is 0.954. The fourth-order valence-corrected chi connectivity index (χ4v) is 3.81. The molecule has 0 radical (unpaired) electrons. The van der Waals surface area contributed by atoms with Gasteiger partial charge < -0.3 is 10.2 Å². The van der Waals surface area contributed by atoms with Crippen molar-refractivity contribution in [1.29, 1.82) is 0 Å². The van der Waals surface area contributed by atoms with Gasteiger partial charge in [0.05, 0.1) is 0 Å². The van der Waals surface area contributed by atoms with Crippen LogP contribution in [0.2, 0.25) is 0 Å². The maximum Gasteiger partial charge on any atom is 0.00676 e. The molecule has 1 unspecified atom stereocenters. The van der Waals surface area contributed by atoms with Gasteiger partial charge in [0.15, 0.2) is 0 Å². The van der Waals surface area contributed by atoms with E-state index < -0.39 is 0 Å². The standard InChI is InChI=1S/C16H32N2/c1-4-17-12-16(9-7-14(2)8-10-16)13-18-11-5-6-15(18)3/h14-15,17H,4-13H2,1-3H3. The topological polar surface area (TPSA) is 15.3 Å². The van der Waals surface area contributed by atoms with Crippen LogP contribution in [0.5, 0.6) is 0 Å². The molecule has 2 fully saturated rings. The van der Waals surface area contributed by atoms with E-state index in [4.69, 9.17) is 0 Å². The van der Waals surface area contributed by atoms with Gasteiger partial charge in [-0.25, -0.2) is 0 Å². The molecule has 0 spiro atoms. The van der Waals surface area contributed by atoms with Gasteiger partial charge in [-0.2, -0.15) is 0 Å². The first-order chi connectivity index (χ1) is 8.65. The Balaban J connectivity index is 1.95. The molecule has 2 aliphatic rings. The first kappa shape index (κ1) is 14.3. The van der Waals surface area contributed by atoms with Gasteiger partial charge in [-0.1, -0.05) is 26.7 Å². The molecule has 0 amide bonds. The Labute approximate surface area is 114 Å². The highest BCUT2D eigenvalue weighted by Gasteiger charge is 2.37. The van der Waals surface area contributed by atoms with Crippen LogP contribution in [0, 0.1) is 11.3 Å². The summed E-state index contributed by atoms with van der Waals surface area (Å²) < 4.78 is 0. The number of nitrogens with one attached hydrogen (secondary N) is 1. The van der Waals surface area contributed by atoms with Crippen molar-refractivity contribution in [2.45, 2.75) is 65.3 Å². The maximum absolute atomic E-state index is 3.64. The maximum atomic E-state index is 3.64. The molecular formula is C16H32N2. The Bertz CT molecular complexity index is 238. The third-order valence-electron chi connectivity index (χ3n) is 5.31. The number of rotatable bonds is 5. The second kappa shape index (κ2) is 6.38. The van der Waals surface area contributed by atoms with Crippen LogP contribution in [-0.2, 0) is 0 Å². The molecule has 0 aromatic carbocycles. The van der Waals surface area contributed by atoms with Crippen molar-refractivity contribution >= 4 is 0 Å². The molecule has 1 N–H and O–H groups in total. The monoisotopic (exact) mass is 252 g/mol. The van der Waals surface area contributed by atoms with Crippen LogP contribution in [-0.4, -0.2) is 37.1 Å². The lowest BCUT2D eigenvalue weighted by Gasteiger charge is -2.43. The fourth-order valence-electron chi connectivity index (χ4n) is 3.81. The Morgan fingerprint density at radius 2 is 1.89 bits per heavy atom. The van der Waals surface area contributed by atoms with E-state index in [-0.39, 0.29) is 0 Å². The SMILES string of the molecule is CCNCC1(CN2CCCC2C)CCC(C)CC1. The highest BCUT2D eigenvalue weighted by molar-refractivity contribution is 4.91. The van der Waals surface area contributed by atoms with Gasteiger partial charge in [0.2, 0.25) is 0 Å². The van der Waals surface area contributed by atoms with Crippen molar-refractivity contribution in [1.82, 2.24) is 10.2 Å². The summed E-state index contributed by atoms with van der Waals surface area (Å²) in [6, 6.07) is 0.822. The van der Waals surface area contributed by atoms with Crippen LogP contribution in [0.3, 0.4) is 0 Å². The summed E-state index contributed by atoms with van der Waals surface area (Å²) in [4.78, 5) is 2.76. The van der Waals surface area contributed by atoms with E-state index >= 15 is 0 Å². The predicted molar refractivity (Wildman–Crippen MR) is 78.9 cm³/mol. The molecule has 18 heavy (non-hydrogen) atoms. The predicted octanol–water partition coefficient (Wildman–Crippen LogP) is 3.28. The first-order valence-electron chi connectivity index (χ1n) is 8.10. The average Bonchev–Trinajstić information content (AvgIpc) is 2.76. The lowest BCUT2D eigenvalue weighted by atomic mass is 9.70. The molecule has 0 aromatic rings. The third-order valence-corrected chi connectivity index (χ3v) is 5.31. The Hall–Kier alpha value is -0.0800. The van der Waals surface area contributed by atoms with Crippen LogP contribution < -0.4 is 5.32 Å². The molecule has 1 aliphatic heterocycles. The van der Waals surface area contributed by atoms with Gasteiger partial charge in [-0.3, -0.25) is 0 Å². The van der Waals surface area contributed by atoms with Crippen molar-refractivity contribution in [3.63, 3.8) is 0 Å². The van der Waals surface area contributed by atoms with Gasteiger partial charge in [0.25, 0.3) is 0 Å². The van der Waals surface area contributed by atoms with E-state index in [1.165, 1.54) is 58.2 Å². The molecule has 2 nitrogen and oxygen atoms in total. The third kappa shape index (κ3) is 3.48. The molecule has 1 atom stereocenters. The van der Waals surface area contributed by atoms with Crippen LogP contribution >= 0.6 is 0 Å². The van der Waals surface area contributed by atoms with Crippen molar-refractivity contribution < 1.29 is 0 Å². The molecule has 1 aliphatic carbocycles. The lowest BCUT2D eigenvalue weighted by molar-refractivity contribution is 0.0838. The average molecular weight is 252 g/mol. The zero-order valence-corrected chi connectivity index (χ0v) is 12.7. The molecule has 2 rings (SSSR count). The minimum atomic E-state index is 0.571. The van der Waals surface area contributed by atoms with E-state index in [9.17, 15) is 0 Å². The molecule has 106 valence electrons. The van der Waals surface area contributed by atoms with E-state index in [0.29, 0.717) is 5.41 Å². The fraction of sp³-hybridized carbons (Fsp3) is 1.00. The summed E-state index contributed by atoms with van der Waals surface area (Å²) >= 11 is 0. The van der Waals surface area contributed by atoms with Gasteiger partial charge >= 0.3 is 0 Å². The highest BCUT2D eigenvalue weighted by atomic mass is 15.2. The van der Waals surface area contributed by atoms with Gasteiger partial charge in [0, 0.05) is 19.1 Å². The van der Waals surface area contributed by atoms with Crippen molar-refractivity contribution in [3.05, 3.63) is 0 Å². The van der Waals surface area contributed by atoms with Crippen molar-refractivity contribution in [2.24, 2.45) is 11.3 Å². The van der Waals surface area contributed by atoms with Crippen LogP contribution in [0.4, 0.5) is 0 Å². The zero-order chi connectivity index (χ0) is 13.0.